The Morgan fingerprint density at radius 2 is 2.00 bits per heavy atom. The van der Waals surface area contributed by atoms with Crippen molar-refractivity contribution in [2.75, 3.05) is 20.3 Å². The van der Waals surface area contributed by atoms with Crippen molar-refractivity contribution in [2.24, 2.45) is 4.99 Å². The van der Waals surface area contributed by atoms with E-state index in [-0.39, 0.29) is 12.5 Å². The van der Waals surface area contributed by atoms with Crippen LogP contribution in [0.25, 0.3) is 6.08 Å². The Balaban J connectivity index is 1.89. The van der Waals surface area contributed by atoms with E-state index in [2.05, 4.69) is 4.99 Å². The first-order valence-corrected chi connectivity index (χ1v) is 9.51. The number of thioether (sulfide) groups is 1. The maximum absolute atomic E-state index is 12.8. The number of benzene rings is 2. The summed E-state index contributed by atoms with van der Waals surface area (Å²) in [5, 5.41) is 9.32. The Labute approximate surface area is 168 Å². The molecule has 7 heteroatoms. The maximum atomic E-state index is 12.8. The molecule has 0 N–H and O–H groups in total. The predicted molar refractivity (Wildman–Crippen MR) is 111 cm³/mol. The first-order valence-electron chi connectivity index (χ1n) is 8.69. The van der Waals surface area contributed by atoms with E-state index >= 15 is 0 Å². The van der Waals surface area contributed by atoms with Crippen molar-refractivity contribution in [1.29, 1.82) is 5.26 Å². The lowest BCUT2D eigenvalue weighted by Crippen LogP contribution is -2.28. The van der Waals surface area contributed by atoms with Crippen molar-refractivity contribution in [3.8, 4) is 17.6 Å². The van der Waals surface area contributed by atoms with Crippen molar-refractivity contribution in [3.63, 3.8) is 0 Å². The van der Waals surface area contributed by atoms with E-state index in [1.165, 1.54) is 18.9 Å². The topological polar surface area (TPSA) is 74.9 Å². The van der Waals surface area contributed by atoms with Gasteiger partial charge in [-0.1, -0.05) is 24.3 Å². The molecule has 0 radical (unpaired) electrons. The van der Waals surface area contributed by atoms with Crippen LogP contribution in [0.1, 0.15) is 12.5 Å². The van der Waals surface area contributed by atoms with Gasteiger partial charge < -0.3 is 9.47 Å². The molecule has 142 valence electrons. The number of rotatable bonds is 6. The zero-order valence-electron chi connectivity index (χ0n) is 15.6. The van der Waals surface area contributed by atoms with Crippen LogP contribution in [0.3, 0.4) is 0 Å². The molecule has 1 aliphatic rings. The van der Waals surface area contributed by atoms with Crippen LogP contribution in [0.15, 0.2) is 58.4 Å². The van der Waals surface area contributed by atoms with Gasteiger partial charge in [0.2, 0.25) is 0 Å². The quantitative estimate of drug-likeness (QED) is 0.687. The summed E-state index contributed by atoms with van der Waals surface area (Å²) in [6.45, 7) is 2.40. The molecule has 1 fully saturated rings. The molecule has 1 saturated heterocycles. The molecule has 0 aromatic heterocycles. The minimum atomic E-state index is -0.0778. The number of likely N-dealkylation sites (N-methyl/N-ethyl adjacent to an activating group) is 1. The molecule has 0 spiro atoms. The van der Waals surface area contributed by atoms with E-state index in [4.69, 9.17) is 14.7 Å². The first kappa shape index (κ1) is 19.5. The molecule has 3 rings (SSSR count). The molecule has 0 aliphatic carbocycles. The van der Waals surface area contributed by atoms with Crippen molar-refractivity contribution in [2.45, 2.75) is 6.92 Å². The average molecular weight is 393 g/mol. The highest BCUT2D eigenvalue weighted by Gasteiger charge is 2.32. The van der Waals surface area contributed by atoms with Crippen LogP contribution in [-0.4, -0.2) is 36.2 Å². The first-order chi connectivity index (χ1) is 13.7. The fraction of sp³-hybridized carbons (Fsp3) is 0.190. The van der Waals surface area contributed by atoms with Gasteiger partial charge in [0.15, 0.2) is 23.3 Å². The van der Waals surface area contributed by atoms with Gasteiger partial charge in [0.25, 0.3) is 5.91 Å². The smallest absolute Gasteiger partial charge is 0.266 e. The summed E-state index contributed by atoms with van der Waals surface area (Å²) in [7, 11) is 1.53. The number of hydrogen-bond donors (Lipinski definition) is 0. The monoisotopic (exact) mass is 393 g/mol. The zero-order chi connectivity index (χ0) is 19.9. The Hall–Kier alpha value is -3.24. The summed E-state index contributed by atoms with van der Waals surface area (Å²) < 4.78 is 10.7. The van der Waals surface area contributed by atoms with E-state index in [1.54, 1.807) is 23.1 Å². The van der Waals surface area contributed by atoms with Crippen LogP contribution >= 0.6 is 11.8 Å². The van der Waals surface area contributed by atoms with E-state index in [1.807, 2.05) is 49.4 Å². The zero-order valence-corrected chi connectivity index (χ0v) is 16.4. The number of amidine groups is 1. The Bertz CT molecular complexity index is 965. The lowest BCUT2D eigenvalue weighted by Gasteiger charge is -2.12. The Morgan fingerprint density at radius 3 is 2.68 bits per heavy atom. The summed E-state index contributed by atoms with van der Waals surface area (Å²) in [6.07, 6.45) is 1.81. The van der Waals surface area contributed by atoms with Crippen LogP contribution in [-0.2, 0) is 4.79 Å². The molecule has 0 unspecified atom stereocenters. The van der Waals surface area contributed by atoms with Gasteiger partial charge in [0.05, 0.1) is 17.7 Å². The minimum Gasteiger partial charge on any atom is -0.493 e. The molecule has 0 bridgehead atoms. The van der Waals surface area contributed by atoms with Crippen LogP contribution in [0.5, 0.6) is 11.5 Å². The second-order valence-corrected chi connectivity index (χ2v) is 6.76. The van der Waals surface area contributed by atoms with Crippen LogP contribution in [0.4, 0.5) is 5.69 Å². The number of carbonyl (C=O) groups is 1. The predicted octanol–water partition coefficient (Wildman–Crippen LogP) is 4.22. The van der Waals surface area contributed by atoms with Crippen molar-refractivity contribution in [1.82, 2.24) is 4.90 Å². The molecule has 1 aliphatic heterocycles. The summed E-state index contributed by atoms with van der Waals surface area (Å²) in [4.78, 5) is 19.6. The SMILES string of the molecule is CCN1C(=O)/C(=C/c2ccc(OCC#N)c(OC)c2)SC1=Nc1ccccc1. The van der Waals surface area contributed by atoms with E-state index in [0.717, 1.165) is 11.3 Å². The summed E-state index contributed by atoms with van der Waals surface area (Å²) in [6, 6.07) is 16.8. The highest BCUT2D eigenvalue weighted by atomic mass is 32.2. The number of nitrogens with zero attached hydrogens (tertiary/aromatic N) is 3. The van der Waals surface area contributed by atoms with Gasteiger partial charge in [-0.05, 0) is 54.6 Å². The molecule has 6 nitrogen and oxygen atoms in total. The molecule has 1 amide bonds. The highest BCUT2D eigenvalue weighted by molar-refractivity contribution is 8.18. The van der Waals surface area contributed by atoms with Gasteiger partial charge in [-0.15, -0.1) is 0 Å². The van der Waals surface area contributed by atoms with Gasteiger partial charge in [-0.2, -0.15) is 5.26 Å². The van der Waals surface area contributed by atoms with Crippen molar-refractivity contribution < 1.29 is 14.3 Å². The number of nitriles is 1. The van der Waals surface area contributed by atoms with E-state index in [0.29, 0.717) is 28.1 Å². The molecule has 28 heavy (non-hydrogen) atoms. The van der Waals surface area contributed by atoms with Gasteiger partial charge in [0, 0.05) is 6.54 Å². The largest absolute Gasteiger partial charge is 0.493 e. The van der Waals surface area contributed by atoms with Crippen LogP contribution in [0.2, 0.25) is 0 Å². The van der Waals surface area contributed by atoms with Crippen LogP contribution < -0.4 is 9.47 Å². The number of hydrogen-bond acceptors (Lipinski definition) is 6. The third-order valence-corrected chi connectivity index (χ3v) is 4.97. The fourth-order valence-electron chi connectivity index (χ4n) is 2.64. The molecule has 0 saturated carbocycles. The summed E-state index contributed by atoms with van der Waals surface area (Å²) >= 11 is 1.35. The highest BCUT2D eigenvalue weighted by Crippen LogP contribution is 2.35. The fourth-order valence-corrected chi connectivity index (χ4v) is 3.70. The number of carbonyl (C=O) groups excluding carboxylic acids is 1. The van der Waals surface area contributed by atoms with Crippen LogP contribution in [0, 0.1) is 11.3 Å². The number of amides is 1. The number of ether oxygens (including phenoxy) is 2. The van der Waals surface area contributed by atoms with Crippen molar-refractivity contribution in [3.05, 3.63) is 59.0 Å². The third-order valence-electron chi connectivity index (χ3n) is 3.96. The molecule has 1 heterocycles. The lowest BCUT2D eigenvalue weighted by molar-refractivity contribution is -0.122. The van der Waals surface area contributed by atoms with Gasteiger partial charge >= 0.3 is 0 Å². The second-order valence-electron chi connectivity index (χ2n) is 5.75. The average Bonchev–Trinajstić information content (AvgIpc) is 3.01. The van der Waals surface area contributed by atoms with E-state index < -0.39 is 0 Å². The minimum absolute atomic E-state index is 0.0596. The normalized spacial score (nSPS) is 16.5. The van der Waals surface area contributed by atoms with Crippen molar-refractivity contribution >= 4 is 34.6 Å². The van der Waals surface area contributed by atoms with E-state index in [9.17, 15) is 4.79 Å². The molecule has 0 atom stereocenters. The Morgan fingerprint density at radius 1 is 1.21 bits per heavy atom. The summed E-state index contributed by atoms with van der Waals surface area (Å²) in [5.74, 6) is 0.912. The Kier molecular flexibility index (Phi) is 6.35. The molecule has 2 aromatic rings. The summed E-state index contributed by atoms with van der Waals surface area (Å²) in [5.41, 5.74) is 1.60. The maximum Gasteiger partial charge on any atom is 0.266 e. The van der Waals surface area contributed by atoms with Gasteiger partial charge in [-0.25, -0.2) is 4.99 Å². The lowest BCUT2D eigenvalue weighted by atomic mass is 10.2. The third kappa shape index (κ3) is 4.35. The van der Waals surface area contributed by atoms with Gasteiger partial charge in [-0.3, -0.25) is 9.69 Å². The standard InChI is InChI=1S/C21H19N3O3S/c1-3-24-20(25)19(28-21(24)23-16-7-5-4-6-8-16)14-15-9-10-17(27-12-11-22)18(13-15)26-2/h4-10,13-14H,3,12H2,1-2H3/b19-14-,23-21?. The van der Waals surface area contributed by atoms with Gasteiger partial charge in [0.1, 0.15) is 6.07 Å². The molecular weight excluding hydrogens is 374 g/mol. The number of aliphatic imine (C=N–C) groups is 1. The number of methoxy groups -OCH3 is 1. The number of para-hydroxylation sites is 1. The molecular formula is C21H19N3O3S. The second kappa shape index (κ2) is 9.11. The molecule has 2 aromatic carbocycles.